The molecule has 1 amide bonds. The van der Waals surface area contributed by atoms with E-state index in [1.54, 1.807) is 19.2 Å². The second-order valence-corrected chi connectivity index (χ2v) is 6.76. The van der Waals surface area contributed by atoms with E-state index < -0.39 is 0 Å². The van der Waals surface area contributed by atoms with E-state index in [1.165, 1.54) is 12.1 Å². The van der Waals surface area contributed by atoms with Crippen LogP contribution in [0.4, 0.5) is 10.1 Å². The average molecular weight is 512 g/mol. The van der Waals surface area contributed by atoms with E-state index in [2.05, 4.69) is 20.9 Å². The van der Waals surface area contributed by atoms with E-state index in [0.29, 0.717) is 31.2 Å². The van der Waals surface area contributed by atoms with Gasteiger partial charge in [-0.15, -0.1) is 24.0 Å². The van der Waals surface area contributed by atoms with Crippen molar-refractivity contribution < 1.29 is 13.9 Å². The number of carbonyl (C=O) groups is 1. The molecule has 0 radical (unpaired) electrons. The summed E-state index contributed by atoms with van der Waals surface area (Å²) in [5, 5.41) is 9.37. The summed E-state index contributed by atoms with van der Waals surface area (Å²) in [4.78, 5) is 16.2. The zero-order chi connectivity index (χ0) is 19.9. The number of guanidine groups is 1. The monoisotopic (exact) mass is 512 g/mol. The molecular weight excluding hydrogens is 486 g/mol. The van der Waals surface area contributed by atoms with Crippen LogP contribution >= 0.6 is 24.0 Å². The van der Waals surface area contributed by atoms with Crippen LogP contribution in [0.15, 0.2) is 53.5 Å². The van der Waals surface area contributed by atoms with Gasteiger partial charge in [-0.3, -0.25) is 9.79 Å². The highest BCUT2D eigenvalue weighted by molar-refractivity contribution is 14.0. The summed E-state index contributed by atoms with van der Waals surface area (Å²) in [5.41, 5.74) is 1.98. The molecule has 3 N–H and O–H groups in total. The van der Waals surface area contributed by atoms with Crippen molar-refractivity contribution >= 4 is 41.5 Å². The van der Waals surface area contributed by atoms with Crippen LogP contribution in [-0.4, -0.2) is 38.1 Å². The molecule has 0 aliphatic carbocycles. The maximum atomic E-state index is 13.2. The highest BCUT2D eigenvalue weighted by Crippen LogP contribution is 2.31. The Hall–Kier alpha value is -2.36. The number of rotatable bonds is 6. The van der Waals surface area contributed by atoms with E-state index in [0.717, 1.165) is 11.3 Å². The number of amides is 1. The molecule has 2 aromatic carbocycles. The van der Waals surface area contributed by atoms with Gasteiger partial charge < -0.3 is 20.7 Å². The Morgan fingerprint density at radius 2 is 2.07 bits per heavy atom. The molecule has 8 heteroatoms. The molecule has 2 aromatic rings. The number of benzene rings is 2. The molecule has 1 heterocycles. The molecule has 0 aromatic heterocycles. The minimum atomic E-state index is -0.327. The van der Waals surface area contributed by atoms with Crippen LogP contribution in [0, 0.1) is 5.82 Å². The summed E-state index contributed by atoms with van der Waals surface area (Å²) in [6.07, 6.45) is 0.252. The summed E-state index contributed by atoms with van der Waals surface area (Å²) in [6, 6.07) is 13.9. The summed E-state index contributed by atoms with van der Waals surface area (Å²) >= 11 is 0. The fourth-order valence-electron chi connectivity index (χ4n) is 3.18. The summed E-state index contributed by atoms with van der Waals surface area (Å²) < 4.78 is 19.0. The maximum absolute atomic E-state index is 13.2. The normalized spacial score (nSPS) is 16.7. The van der Waals surface area contributed by atoms with Crippen molar-refractivity contribution in [1.82, 2.24) is 10.6 Å². The molecule has 6 nitrogen and oxygen atoms in total. The van der Waals surface area contributed by atoms with Crippen molar-refractivity contribution in [2.24, 2.45) is 4.99 Å². The van der Waals surface area contributed by atoms with Crippen LogP contribution in [0.25, 0.3) is 0 Å². The van der Waals surface area contributed by atoms with E-state index in [4.69, 9.17) is 4.74 Å². The molecule has 1 aliphatic rings. The Morgan fingerprint density at radius 3 is 2.83 bits per heavy atom. The smallest absolute Gasteiger partial charge is 0.225 e. The molecular formula is C21H26FIN4O2. The first-order valence-corrected chi connectivity index (χ1v) is 9.30. The lowest BCUT2D eigenvalue weighted by Crippen LogP contribution is -2.43. The van der Waals surface area contributed by atoms with Crippen molar-refractivity contribution in [3.63, 3.8) is 0 Å². The number of hydrogen-bond donors (Lipinski definition) is 3. The first-order chi connectivity index (χ1) is 13.5. The topological polar surface area (TPSA) is 74.8 Å². The van der Waals surface area contributed by atoms with Gasteiger partial charge in [0, 0.05) is 37.7 Å². The summed E-state index contributed by atoms with van der Waals surface area (Å²) in [7, 11) is 1.69. The highest BCUT2D eigenvalue weighted by Gasteiger charge is 2.24. The third-order valence-electron chi connectivity index (χ3n) is 4.54. The summed E-state index contributed by atoms with van der Waals surface area (Å²) in [6.45, 7) is 2.98. The molecule has 2 unspecified atom stereocenters. The molecule has 2 atom stereocenters. The van der Waals surface area contributed by atoms with Crippen molar-refractivity contribution in [1.29, 1.82) is 0 Å². The number of nitrogens with one attached hydrogen (secondary N) is 3. The minimum Gasteiger partial charge on any atom is -0.489 e. The largest absolute Gasteiger partial charge is 0.489 e. The quantitative estimate of drug-likeness (QED) is 0.315. The first kappa shape index (κ1) is 22.9. The Balaban J connectivity index is 0.00000300. The van der Waals surface area contributed by atoms with E-state index in [1.807, 2.05) is 31.2 Å². The Morgan fingerprint density at radius 1 is 1.28 bits per heavy atom. The molecule has 0 fully saturated rings. The number of nitrogens with zero attached hydrogens (tertiary/aromatic N) is 1. The number of para-hydroxylation sites is 1. The molecule has 3 rings (SSSR count). The molecule has 1 aliphatic heterocycles. The standard InChI is InChI=1S/C21H25FN4O2.HI/c1-14(28-17-7-5-6-16(22)11-17)12-24-21(23-2)25-13-15-10-20(27)26-19-9-4-3-8-18(15)19;/h3-9,11,14-15H,10,12-13H2,1-2H3,(H,26,27)(H2,23,24,25);1H. The van der Waals surface area contributed by atoms with Crippen LogP contribution in [0.2, 0.25) is 0 Å². The molecule has 0 saturated carbocycles. The van der Waals surface area contributed by atoms with E-state index in [9.17, 15) is 9.18 Å². The molecule has 0 bridgehead atoms. The van der Waals surface area contributed by atoms with Crippen LogP contribution in [0.1, 0.15) is 24.8 Å². The van der Waals surface area contributed by atoms with Crippen LogP contribution in [-0.2, 0) is 4.79 Å². The Kier molecular flexibility index (Phi) is 8.69. The SMILES string of the molecule is CN=C(NCC(C)Oc1cccc(F)c1)NCC1CC(=O)Nc2ccccc21.I. The van der Waals surface area contributed by atoms with Crippen molar-refractivity contribution in [2.45, 2.75) is 25.4 Å². The molecule has 0 saturated heterocycles. The molecule has 29 heavy (non-hydrogen) atoms. The number of ether oxygens (including phenoxy) is 1. The van der Waals surface area contributed by atoms with Gasteiger partial charge in [0.1, 0.15) is 17.7 Å². The lowest BCUT2D eigenvalue weighted by molar-refractivity contribution is -0.116. The van der Waals surface area contributed by atoms with E-state index in [-0.39, 0.29) is 47.7 Å². The van der Waals surface area contributed by atoms with Gasteiger partial charge in [-0.25, -0.2) is 4.39 Å². The van der Waals surface area contributed by atoms with Gasteiger partial charge in [0.2, 0.25) is 5.91 Å². The number of fused-ring (bicyclic) bond motifs is 1. The van der Waals surface area contributed by atoms with Gasteiger partial charge >= 0.3 is 0 Å². The Labute approximate surface area is 187 Å². The lowest BCUT2D eigenvalue weighted by atomic mass is 9.90. The number of anilines is 1. The van der Waals surface area contributed by atoms with Gasteiger partial charge in [-0.05, 0) is 30.7 Å². The average Bonchev–Trinajstić information content (AvgIpc) is 2.67. The molecule has 0 spiro atoms. The fraction of sp³-hybridized carbons (Fsp3) is 0.333. The number of hydrogen-bond acceptors (Lipinski definition) is 3. The van der Waals surface area contributed by atoms with E-state index >= 15 is 0 Å². The lowest BCUT2D eigenvalue weighted by Gasteiger charge is -2.26. The van der Waals surface area contributed by atoms with Crippen molar-refractivity contribution in [3.8, 4) is 5.75 Å². The molecule has 156 valence electrons. The van der Waals surface area contributed by atoms with Gasteiger partial charge in [-0.1, -0.05) is 24.3 Å². The maximum Gasteiger partial charge on any atom is 0.225 e. The third kappa shape index (κ3) is 6.59. The predicted octanol–water partition coefficient (Wildman–Crippen LogP) is 3.50. The number of carbonyl (C=O) groups excluding carboxylic acids is 1. The van der Waals surface area contributed by atoms with Crippen LogP contribution in [0.3, 0.4) is 0 Å². The van der Waals surface area contributed by atoms with Gasteiger partial charge in [0.05, 0.1) is 6.54 Å². The Bertz CT molecular complexity index is 862. The predicted molar refractivity (Wildman–Crippen MR) is 124 cm³/mol. The zero-order valence-electron chi connectivity index (χ0n) is 16.4. The third-order valence-corrected chi connectivity index (χ3v) is 4.54. The van der Waals surface area contributed by atoms with Crippen molar-refractivity contribution in [3.05, 3.63) is 59.9 Å². The first-order valence-electron chi connectivity index (χ1n) is 9.30. The zero-order valence-corrected chi connectivity index (χ0v) is 18.8. The van der Waals surface area contributed by atoms with Crippen LogP contribution in [0.5, 0.6) is 5.75 Å². The second-order valence-electron chi connectivity index (χ2n) is 6.76. The minimum absolute atomic E-state index is 0. The van der Waals surface area contributed by atoms with Crippen molar-refractivity contribution in [2.75, 3.05) is 25.5 Å². The van der Waals surface area contributed by atoms with Gasteiger partial charge in [0.25, 0.3) is 0 Å². The van der Waals surface area contributed by atoms with Gasteiger partial charge in [0.15, 0.2) is 5.96 Å². The number of halogens is 2. The van der Waals surface area contributed by atoms with Gasteiger partial charge in [-0.2, -0.15) is 0 Å². The van der Waals surface area contributed by atoms with Crippen LogP contribution < -0.4 is 20.7 Å². The fourth-order valence-corrected chi connectivity index (χ4v) is 3.18. The second kappa shape index (κ2) is 11.0. The summed E-state index contributed by atoms with van der Waals surface area (Å²) in [5.74, 6) is 0.877. The number of aliphatic imine (C=N–C) groups is 1. The highest BCUT2D eigenvalue weighted by atomic mass is 127.